The molecule has 0 radical (unpaired) electrons. The van der Waals surface area contributed by atoms with Crippen LogP contribution in [-0.2, 0) is 6.54 Å². The molecule has 0 saturated carbocycles. The first kappa shape index (κ1) is 13.1. The van der Waals surface area contributed by atoms with E-state index in [1.165, 1.54) is 0 Å². The summed E-state index contributed by atoms with van der Waals surface area (Å²) in [5.41, 5.74) is 1.04. The monoisotopic (exact) mass is 265 g/mol. The van der Waals surface area contributed by atoms with E-state index < -0.39 is 0 Å². The van der Waals surface area contributed by atoms with Crippen LogP contribution < -0.4 is 5.32 Å². The molecule has 0 aromatic heterocycles. The van der Waals surface area contributed by atoms with E-state index in [9.17, 15) is 0 Å². The van der Waals surface area contributed by atoms with Crippen LogP contribution in [0.3, 0.4) is 0 Å². The highest BCUT2D eigenvalue weighted by atomic mass is 35.5. The van der Waals surface area contributed by atoms with Crippen molar-refractivity contribution in [3.8, 4) is 0 Å². The lowest BCUT2D eigenvalue weighted by Gasteiger charge is -2.09. The molecule has 15 heavy (non-hydrogen) atoms. The maximum atomic E-state index is 6.02. The Balaban J connectivity index is 2.44. The molecule has 1 nitrogen and oxygen atoms in total. The molecule has 0 saturated heterocycles. The van der Waals surface area contributed by atoms with E-state index in [-0.39, 0.29) is 5.38 Å². The second kappa shape index (κ2) is 6.59. The average molecular weight is 267 g/mol. The van der Waals surface area contributed by atoms with E-state index in [4.69, 9.17) is 34.8 Å². The summed E-state index contributed by atoms with van der Waals surface area (Å²) in [5.74, 6) is 0. The molecule has 0 aliphatic carbocycles. The SMILES string of the molecule is CCC(Cl)CNCc1ccc(Cl)cc1Cl. The van der Waals surface area contributed by atoms with Crippen molar-refractivity contribution in [1.29, 1.82) is 0 Å². The Morgan fingerprint density at radius 1 is 1.33 bits per heavy atom. The van der Waals surface area contributed by atoms with Crippen molar-refractivity contribution in [2.75, 3.05) is 6.54 Å². The van der Waals surface area contributed by atoms with Gasteiger partial charge in [0.05, 0.1) is 0 Å². The minimum absolute atomic E-state index is 0.177. The molecule has 0 fully saturated rings. The number of halogens is 3. The molecule has 0 aliphatic heterocycles. The molecule has 1 atom stereocenters. The molecule has 1 unspecified atom stereocenters. The van der Waals surface area contributed by atoms with Gasteiger partial charge in [0, 0.05) is 28.5 Å². The van der Waals surface area contributed by atoms with Crippen LogP contribution in [0.2, 0.25) is 10.0 Å². The number of alkyl halides is 1. The normalized spacial score (nSPS) is 12.8. The molecule has 0 spiro atoms. The second-order valence-corrected chi connectivity index (χ2v) is 4.83. The van der Waals surface area contributed by atoms with Gasteiger partial charge >= 0.3 is 0 Å². The summed E-state index contributed by atoms with van der Waals surface area (Å²) in [6.07, 6.45) is 0.961. The summed E-state index contributed by atoms with van der Waals surface area (Å²) in [7, 11) is 0. The van der Waals surface area contributed by atoms with E-state index in [2.05, 4.69) is 12.2 Å². The number of benzene rings is 1. The van der Waals surface area contributed by atoms with Crippen molar-refractivity contribution < 1.29 is 0 Å². The van der Waals surface area contributed by atoms with E-state index in [0.29, 0.717) is 10.0 Å². The highest BCUT2D eigenvalue weighted by molar-refractivity contribution is 6.35. The highest BCUT2D eigenvalue weighted by Crippen LogP contribution is 2.20. The lowest BCUT2D eigenvalue weighted by Crippen LogP contribution is -2.22. The molecule has 0 heterocycles. The fourth-order valence-corrected chi connectivity index (χ4v) is 1.76. The Bertz CT molecular complexity index is 315. The quantitative estimate of drug-likeness (QED) is 0.791. The largest absolute Gasteiger partial charge is 0.311 e. The molecular formula is C11H14Cl3N. The fourth-order valence-electron chi connectivity index (χ4n) is 1.17. The summed E-state index contributed by atoms with van der Waals surface area (Å²) < 4.78 is 0. The van der Waals surface area contributed by atoms with Gasteiger partial charge in [-0.2, -0.15) is 0 Å². The summed E-state index contributed by atoms with van der Waals surface area (Å²) in [5, 5.41) is 4.78. The van der Waals surface area contributed by atoms with E-state index in [1.807, 2.05) is 12.1 Å². The van der Waals surface area contributed by atoms with Gasteiger partial charge in [-0.1, -0.05) is 36.2 Å². The molecule has 84 valence electrons. The maximum absolute atomic E-state index is 6.02. The van der Waals surface area contributed by atoms with E-state index >= 15 is 0 Å². The molecule has 0 aliphatic rings. The predicted molar refractivity (Wildman–Crippen MR) is 68.1 cm³/mol. The minimum atomic E-state index is 0.177. The lowest BCUT2D eigenvalue weighted by atomic mass is 10.2. The molecule has 0 bridgehead atoms. The molecule has 1 rings (SSSR count). The van der Waals surface area contributed by atoms with Crippen LogP contribution >= 0.6 is 34.8 Å². The second-order valence-electron chi connectivity index (χ2n) is 3.37. The third-order valence-electron chi connectivity index (χ3n) is 2.14. The lowest BCUT2D eigenvalue weighted by molar-refractivity contribution is 0.647. The van der Waals surface area contributed by atoms with Crippen molar-refractivity contribution in [3.05, 3.63) is 33.8 Å². The molecule has 0 amide bonds. The van der Waals surface area contributed by atoms with Gasteiger partial charge in [-0.05, 0) is 24.1 Å². The van der Waals surface area contributed by atoms with Gasteiger partial charge in [-0.3, -0.25) is 0 Å². The van der Waals surface area contributed by atoms with Crippen molar-refractivity contribution in [1.82, 2.24) is 5.32 Å². The van der Waals surface area contributed by atoms with Crippen molar-refractivity contribution in [2.24, 2.45) is 0 Å². The van der Waals surface area contributed by atoms with Crippen molar-refractivity contribution in [2.45, 2.75) is 25.3 Å². The van der Waals surface area contributed by atoms with Gasteiger partial charge in [0.25, 0.3) is 0 Å². The number of hydrogen-bond acceptors (Lipinski definition) is 1. The maximum Gasteiger partial charge on any atom is 0.0465 e. The van der Waals surface area contributed by atoms with Gasteiger partial charge in [-0.25, -0.2) is 0 Å². The zero-order valence-electron chi connectivity index (χ0n) is 8.56. The van der Waals surface area contributed by atoms with Gasteiger partial charge in [0.1, 0.15) is 0 Å². The van der Waals surface area contributed by atoms with E-state index in [0.717, 1.165) is 25.1 Å². The summed E-state index contributed by atoms with van der Waals surface area (Å²) in [4.78, 5) is 0. The van der Waals surface area contributed by atoms with Gasteiger partial charge in [0.2, 0.25) is 0 Å². The Labute approximate surface area is 106 Å². The van der Waals surface area contributed by atoms with Crippen LogP contribution in [0, 0.1) is 0 Å². The number of hydrogen-bond donors (Lipinski definition) is 1. The van der Waals surface area contributed by atoms with Crippen LogP contribution in [-0.4, -0.2) is 11.9 Å². The van der Waals surface area contributed by atoms with Gasteiger partial charge < -0.3 is 5.32 Å². The third kappa shape index (κ3) is 4.60. The third-order valence-corrected chi connectivity index (χ3v) is 3.19. The van der Waals surface area contributed by atoms with Crippen molar-refractivity contribution >= 4 is 34.8 Å². The Kier molecular flexibility index (Phi) is 5.77. The van der Waals surface area contributed by atoms with Gasteiger partial charge in [0.15, 0.2) is 0 Å². The smallest absolute Gasteiger partial charge is 0.0465 e. The number of nitrogens with one attached hydrogen (secondary N) is 1. The average Bonchev–Trinajstić information content (AvgIpc) is 2.21. The van der Waals surface area contributed by atoms with Crippen LogP contribution in [0.5, 0.6) is 0 Å². The van der Waals surface area contributed by atoms with Crippen LogP contribution in [0.1, 0.15) is 18.9 Å². The van der Waals surface area contributed by atoms with Crippen LogP contribution in [0.25, 0.3) is 0 Å². The molecule has 4 heteroatoms. The predicted octanol–water partition coefficient (Wildman–Crippen LogP) is 4.10. The molecule has 1 aromatic carbocycles. The summed E-state index contributed by atoms with van der Waals surface area (Å²) in [6, 6.07) is 5.51. The summed E-state index contributed by atoms with van der Waals surface area (Å²) >= 11 is 17.8. The first-order chi connectivity index (χ1) is 7.13. The Hall–Kier alpha value is 0.0500. The first-order valence-corrected chi connectivity index (χ1v) is 6.11. The highest BCUT2D eigenvalue weighted by Gasteiger charge is 2.03. The minimum Gasteiger partial charge on any atom is -0.311 e. The zero-order chi connectivity index (χ0) is 11.3. The van der Waals surface area contributed by atoms with Gasteiger partial charge in [-0.15, -0.1) is 11.6 Å². The molecule has 1 N–H and O–H groups in total. The van der Waals surface area contributed by atoms with Crippen LogP contribution in [0.15, 0.2) is 18.2 Å². The Morgan fingerprint density at radius 2 is 2.07 bits per heavy atom. The fraction of sp³-hybridized carbons (Fsp3) is 0.455. The summed E-state index contributed by atoms with van der Waals surface area (Å²) in [6.45, 7) is 3.57. The number of rotatable bonds is 5. The Morgan fingerprint density at radius 3 is 2.67 bits per heavy atom. The van der Waals surface area contributed by atoms with Crippen molar-refractivity contribution in [3.63, 3.8) is 0 Å². The topological polar surface area (TPSA) is 12.0 Å². The molecule has 1 aromatic rings. The van der Waals surface area contributed by atoms with E-state index in [1.54, 1.807) is 6.07 Å². The molecular weight excluding hydrogens is 252 g/mol. The standard InChI is InChI=1S/C11H14Cl3N/c1-2-9(12)7-15-6-8-3-4-10(13)5-11(8)14/h3-5,9,15H,2,6-7H2,1H3. The first-order valence-electron chi connectivity index (χ1n) is 4.92. The van der Waals surface area contributed by atoms with Crippen LogP contribution in [0.4, 0.5) is 0 Å². The zero-order valence-corrected chi connectivity index (χ0v) is 10.8.